The van der Waals surface area contributed by atoms with Gasteiger partial charge in [-0.15, -0.1) is 0 Å². The third-order valence-electron chi connectivity index (χ3n) is 4.71. The van der Waals surface area contributed by atoms with Gasteiger partial charge in [0.15, 0.2) is 0 Å². The molecule has 1 fully saturated rings. The number of nitrogens with one attached hydrogen (secondary N) is 1. The predicted octanol–water partition coefficient (Wildman–Crippen LogP) is 3.15. The Labute approximate surface area is 162 Å². The van der Waals surface area contributed by atoms with Crippen molar-refractivity contribution in [2.24, 2.45) is 5.92 Å². The number of piperidine rings is 1. The molecule has 1 saturated heterocycles. The molecule has 140 valence electrons. The van der Waals surface area contributed by atoms with E-state index in [2.05, 4.69) is 42.2 Å². The van der Waals surface area contributed by atoms with E-state index in [1.54, 1.807) is 6.33 Å². The van der Waals surface area contributed by atoms with Crippen molar-refractivity contribution >= 4 is 38.6 Å². The van der Waals surface area contributed by atoms with Crippen LogP contribution in [0.4, 0.5) is 5.82 Å². The van der Waals surface area contributed by atoms with Gasteiger partial charge in [0, 0.05) is 48.6 Å². The first-order chi connectivity index (χ1) is 12.7. The third kappa shape index (κ3) is 4.71. The lowest BCUT2D eigenvalue weighted by Crippen LogP contribution is -2.41. The first-order valence-electron chi connectivity index (χ1n) is 9.19. The number of aromatic nitrogens is 2. The van der Waals surface area contributed by atoms with Gasteiger partial charge in [-0.2, -0.15) is 0 Å². The predicted molar refractivity (Wildman–Crippen MR) is 106 cm³/mol. The normalized spacial score (nSPS) is 15.4. The van der Waals surface area contributed by atoms with Crippen molar-refractivity contribution in [2.75, 3.05) is 37.7 Å². The second-order valence-electron chi connectivity index (χ2n) is 6.46. The van der Waals surface area contributed by atoms with Crippen LogP contribution in [-0.4, -0.2) is 48.7 Å². The van der Waals surface area contributed by atoms with Crippen molar-refractivity contribution in [1.29, 1.82) is 0 Å². The Hall–Kier alpha value is -1.73. The molecule has 1 aliphatic heterocycles. The minimum Gasteiger partial charge on any atom is -0.382 e. The summed E-state index contributed by atoms with van der Waals surface area (Å²) in [6.07, 6.45) is 4.16. The number of halogens is 1. The Kier molecular flexibility index (Phi) is 6.80. The molecular formula is C19H25BrN4O2. The van der Waals surface area contributed by atoms with Crippen LogP contribution in [0.2, 0.25) is 0 Å². The van der Waals surface area contributed by atoms with Gasteiger partial charge < -0.3 is 15.0 Å². The van der Waals surface area contributed by atoms with Crippen molar-refractivity contribution in [3.8, 4) is 0 Å². The maximum atomic E-state index is 12.3. The largest absolute Gasteiger partial charge is 0.382 e. The molecule has 1 N–H and O–H groups in total. The van der Waals surface area contributed by atoms with Gasteiger partial charge in [-0.25, -0.2) is 9.97 Å². The van der Waals surface area contributed by atoms with Gasteiger partial charge in [0.05, 0.1) is 5.52 Å². The standard InChI is InChI=1S/C19H25BrN4O2/c1-2-26-11-3-8-21-19(25)14-6-9-24(10-7-14)18-16-12-15(20)4-5-17(16)22-13-23-18/h4-5,12-14H,2-3,6-11H2,1H3,(H,21,25). The van der Waals surface area contributed by atoms with Crippen LogP contribution in [0, 0.1) is 5.92 Å². The molecule has 3 rings (SSSR count). The number of rotatable bonds is 7. The highest BCUT2D eigenvalue weighted by Crippen LogP contribution is 2.29. The van der Waals surface area contributed by atoms with Gasteiger partial charge in [0.2, 0.25) is 5.91 Å². The minimum atomic E-state index is 0.0816. The van der Waals surface area contributed by atoms with Crippen LogP contribution >= 0.6 is 15.9 Å². The summed E-state index contributed by atoms with van der Waals surface area (Å²) in [4.78, 5) is 23.4. The van der Waals surface area contributed by atoms with Crippen LogP contribution in [0.25, 0.3) is 10.9 Å². The molecule has 0 bridgehead atoms. The van der Waals surface area contributed by atoms with Crippen LogP contribution in [0.1, 0.15) is 26.2 Å². The van der Waals surface area contributed by atoms with Crippen molar-refractivity contribution in [1.82, 2.24) is 15.3 Å². The van der Waals surface area contributed by atoms with E-state index in [0.29, 0.717) is 13.2 Å². The minimum absolute atomic E-state index is 0.0816. The van der Waals surface area contributed by atoms with E-state index in [-0.39, 0.29) is 11.8 Å². The molecule has 1 aromatic heterocycles. The average molecular weight is 421 g/mol. The Bertz CT molecular complexity index is 747. The molecule has 0 aliphatic carbocycles. The van der Waals surface area contributed by atoms with Gasteiger partial charge in [0.1, 0.15) is 12.1 Å². The van der Waals surface area contributed by atoms with Crippen molar-refractivity contribution in [3.63, 3.8) is 0 Å². The molecule has 26 heavy (non-hydrogen) atoms. The molecule has 1 aromatic carbocycles. The lowest BCUT2D eigenvalue weighted by atomic mass is 9.95. The summed E-state index contributed by atoms with van der Waals surface area (Å²) in [5.41, 5.74) is 0.937. The summed E-state index contributed by atoms with van der Waals surface area (Å²) in [6, 6.07) is 6.04. The number of fused-ring (bicyclic) bond motifs is 1. The Balaban J connectivity index is 1.56. The van der Waals surface area contributed by atoms with E-state index < -0.39 is 0 Å². The average Bonchev–Trinajstić information content (AvgIpc) is 2.67. The van der Waals surface area contributed by atoms with Gasteiger partial charge in [0.25, 0.3) is 0 Å². The quantitative estimate of drug-likeness (QED) is 0.696. The zero-order valence-corrected chi connectivity index (χ0v) is 16.7. The summed E-state index contributed by atoms with van der Waals surface area (Å²) in [5, 5.41) is 4.08. The smallest absolute Gasteiger partial charge is 0.223 e. The molecule has 7 heteroatoms. The summed E-state index contributed by atoms with van der Waals surface area (Å²) in [6.45, 7) is 5.74. The van der Waals surface area contributed by atoms with E-state index in [1.165, 1.54) is 0 Å². The van der Waals surface area contributed by atoms with Crippen LogP contribution < -0.4 is 10.2 Å². The number of carbonyl (C=O) groups is 1. The number of hydrogen-bond donors (Lipinski definition) is 1. The number of benzene rings is 1. The summed E-state index contributed by atoms with van der Waals surface area (Å²) < 4.78 is 6.31. The van der Waals surface area contributed by atoms with Gasteiger partial charge >= 0.3 is 0 Å². The maximum absolute atomic E-state index is 12.3. The van der Waals surface area contributed by atoms with Crippen LogP contribution in [-0.2, 0) is 9.53 Å². The highest BCUT2D eigenvalue weighted by atomic mass is 79.9. The molecular weight excluding hydrogens is 396 g/mol. The molecule has 6 nitrogen and oxygen atoms in total. The SMILES string of the molecule is CCOCCCNC(=O)C1CCN(c2ncnc3ccc(Br)cc23)CC1. The van der Waals surface area contributed by atoms with Crippen LogP contribution in [0.5, 0.6) is 0 Å². The molecule has 0 spiro atoms. The lowest BCUT2D eigenvalue weighted by Gasteiger charge is -2.32. The van der Waals surface area contributed by atoms with E-state index in [4.69, 9.17) is 4.74 Å². The van der Waals surface area contributed by atoms with E-state index in [1.807, 2.05) is 19.1 Å². The number of ether oxygens (including phenoxy) is 1. The number of anilines is 1. The molecule has 1 aliphatic rings. The zero-order valence-electron chi connectivity index (χ0n) is 15.1. The fourth-order valence-corrected chi connectivity index (χ4v) is 3.66. The van der Waals surface area contributed by atoms with Crippen molar-refractivity contribution < 1.29 is 9.53 Å². The number of hydrogen-bond acceptors (Lipinski definition) is 5. The summed E-state index contributed by atoms with van der Waals surface area (Å²) in [7, 11) is 0. The Morgan fingerprint density at radius 2 is 2.15 bits per heavy atom. The third-order valence-corrected chi connectivity index (χ3v) is 5.20. The number of carbonyl (C=O) groups excluding carboxylic acids is 1. The van der Waals surface area contributed by atoms with E-state index in [9.17, 15) is 4.79 Å². The molecule has 0 radical (unpaired) electrons. The highest BCUT2D eigenvalue weighted by molar-refractivity contribution is 9.10. The van der Waals surface area contributed by atoms with Gasteiger partial charge in [-0.3, -0.25) is 4.79 Å². The molecule has 0 unspecified atom stereocenters. The Morgan fingerprint density at radius 1 is 1.35 bits per heavy atom. The van der Waals surface area contributed by atoms with Crippen molar-refractivity contribution in [3.05, 3.63) is 29.0 Å². The van der Waals surface area contributed by atoms with Gasteiger partial charge in [-0.05, 0) is 44.4 Å². The topological polar surface area (TPSA) is 67.3 Å². The highest BCUT2D eigenvalue weighted by Gasteiger charge is 2.26. The molecule has 2 heterocycles. The molecule has 0 saturated carbocycles. The maximum Gasteiger partial charge on any atom is 0.223 e. The fraction of sp³-hybridized carbons (Fsp3) is 0.526. The molecule has 2 aromatic rings. The fourth-order valence-electron chi connectivity index (χ4n) is 3.30. The second kappa shape index (κ2) is 9.28. The monoisotopic (exact) mass is 420 g/mol. The van der Waals surface area contributed by atoms with Crippen LogP contribution in [0.15, 0.2) is 29.0 Å². The van der Waals surface area contributed by atoms with E-state index >= 15 is 0 Å². The number of amides is 1. The van der Waals surface area contributed by atoms with Crippen molar-refractivity contribution in [2.45, 2.75) is 26.2 Å². The summed E-state index contributed by atoms with van der Waals surface area (Å²) in [5.74, 6) is 1.20. The molecule has 0 atom stereocenters. The second-order valence-corrected chi connectivity index (χ2v) is 7.38. The lowest BCUT2D eigenvalue weighted by molar-refractivity contribution is -0.125. The first kappa shape index (κ1) is 19.0. The van der Waals surface area contributed by atoms with Gasteiger partial charge in [-0.1, -0.05) is 15.9 Å². The number of nitrogens with zero attached hydrogens (tertiary/aromatic N) is 3. The zero-order chi connectivity index (χ0) is 18.4. The Morgan fingerprint density at radius 3 is 2.92 bits per heavy atom. The molecule has 1 amide bonds. The van der Waals surface area contributed by atoms with E-state index in [0.717, 1.165) is 60.2 Å². The first-order valence-corrected chi connectivity index (χ1v) is 9.99. The summed E-state index contributed by atoms with van der Waals surface area (Å²) >= 11 is 3.52. The van der Waals surface area contributed by atoms with Crippen LogP contribution in [0.3, 0.4) is 0 Å².